The van der Waals surface area contributed by atoms with Gasteiger partial charge in [0.05, 0.1) is 11.4 Å². The summed E-state index contributed by atoms with van der Waals surface area (Å²) in [6, 6.07) is 18.4. The number of nitrogens with zero attached hydrogens (tertiary/aromatic N) is 2. The molecule has 0 aliphatic heterocycles. The summed E-state index contributed by atoms with van der Waals surface area (Å²) in [6.45, 7) is 4.20. The molecule has 106 valence electrons. The van der Waals surface area contributed by atoms with Crippen molar-refractivity contribution in [2.75, 3.05) is 5.73 Å². The van der Waals surface area contributed by atoms with E-state index in [1.165, 1.54) is 5.56 Å². The predicted molar refractivity (Wildman–Crippen MR) is 87.5 cm³/mol. The van der Waals surface area contributed by atoms with E-state index < -0.39 is 0 Å². The third-order valence-corrected chi connectivity index (χ3v) is 3.70. The van der Waals surface area contributed by atoms with Crippen LogP contribution in [-0.4, -0.2) is 9.78 Å². The molecule has 0 unspecified atom stereocenters. The Hall–Kier alpha value is -2.55. The van der Waals surface area contributed by atoms with E-state index in [1.807, 2.05) is 35.0 Å². The molecule has 1 heterocycles. The van der Waals surface area contributed by atoms with E-state index in [1.54, 1.807) is 0 Å². The van der Waals surface area contributed by atoms with Crippen molar-refractivity contribution in [1.29, 1.82) is 0 Å². The van der Waals surface area contributed by atoms with Crippen molar-refractivity contribution in [1.82, 2.24) is 9.78 Å². The minimum atomic E-state index is 0.722. The Kier molecular flexibility index (Phi) is 3.48. The second-order valence-corrected chi connectivity index (χ2v) is 5.18. The van der Waals surface area contributed by atoms with Crippen LogP contribution in [0.3, 0.4) is 0 Å². The van der Waals surface area contributed by atoms with E-state index in [0.717, 1.165) is 34.7 Å². The normalized spacial score (nSPS) is 10.8. The standard InChI is InChI=1S/C18H19N3/c1-3-16-17(14-11-9-13(2)10-12-14)20-21(18(16)19)15-7-5-4-6-8-15/h4-12H,3,19H2,1-2H3. The van der Waals surface area contributed by atoms with Crippen molar-refractivity contribution in [2.45, 2.75) is 20.3 Å². The van der Waals surface area contributed by atoms with Crippen LogP contribution in [0, 0.1) is 6.92 Å². The maximum absolute atomic E-state index is 6.31. The first-order valence-electron chi connectivity index (χ1n) is 7.20. The summed E-state index contributed by atoms with van der Waals surface area (Å²) in [7, 11) is 0. The first-order chi connectivity index (χ1) is 10.2. The highest BCUT2D eigenvalue weighted by molar-refractivity contribution is 5.70. The van der Waals surface area contributed by atoms with Gasteiger partial charge in [-0.15, -0.1) is 0 Å². The Morgan fingerprint density at radius 3 is 2.29 bits per heavy atom. The van der Waals surface area contributed by atoms with Gasteiger partial charge in [0.2, 0.25) is 0 Å². The van der Waals surface area contributed by atoms with Gasteiger partial charge in [-0.3, -0.25) is 0 Å². The number of hydrogen-bond donors (Lipinski definition) is 1. The average Bonchev–Trinajstić information content (AvgIpc) is 2.85. The number of aromatic nitrogens is 2. The molecule has 3 aromatic rings. The van der Waals surface area contributed by atoms with E-state index in [0.29, 0.717) is 0 Å². The van der Waals surface area contributed by atoms with Gasteiger partial charge >= 0.3 is 0 Å². The number of aryl methyl sites for hydroxylation is 1. The van der Waals surface area contributed by atoms with Crippen LogP contribution < -0.4 is 5.73 Å². The van der Waals surface area contributed by atoms with Gasteiger partial charge in [-0.2, -0.15) is 5.10 Å². The molecule has 0 fully saturated rings. The van der Waals surface area contributed by atoms with Crippen LogP contribution in [0.2, 0.25) is 0 Å². The van der Waals surface area contributed by atoms with Gasteiger partial charge in [-0.25, -0.2) is 4.68 Å². The summed E-state index contributed by atoms with van der Waals surface area (Å²) in [5.41, 5.74) is 11.7. The van der Waals surface area contributed by atoms with Gasteiger partial charge in [0, 0.05) is 11.1 Å². The topological polar surface area (TPSA) is 43.8 Å². The van der Waals surface area contributed by atoms with E-state index in [-0.39, 0.29) is 0 Å². The zero-order valence-electron chi connectivity index (χ0n) is 12.4. The van der Waals surface area contributed by atoms with E-state index in [9.17, 15) is 0 Å². The lowest BCUT2D eigenvalue weighted by atomic mass is 10.0. The minimum absolute atomic E-state index is 0.722. The summed E-state index contributed by atoms with van der Waals surface area (Å²) >= 11 is 0. The number of para-hydroxylation sites is 1. The SMILES string of the molecule is CCc1c(-c2ccc(C)cc2)nn(-c2ccccc2)c1N. The van der Waals surface area contributed by atoms with Crippen LogP contribution in [0.15, 0.2) is 54.6 Å². The minimum Gasteiger partial charge on any atom is -0.383 e. The molecule has 0 spiro atoms. The molecular formula is C18H19N3. The third kappa shape index (κ3) is 2.42. The fraction of sp³-hybridized carbons (Fsp3) is 0.167. The highest BCUT2D eigenvalue weighted by Crippen LogP contribution is 2.29. The smallest absolute Gasteiger partial charge is 0.131 e. The number of benzene rings is 2. The molecule has 0 aliphatic carbocycles. The Morgan fingerprint density at radius 2 is 1.67 bits per heavy atom. The van der Waals surface area contributed by atoms with Gasteiger partial charge in [-0.05, 0) is 25.5 Å². The van der Waals surface area contributed by atoms with Gasteiger partial charge in [0.15, 0.2) is 0 Å². The molecule has 1 aromatic heterocycles. The molecule has 2 N–H and O–H groups in total. The van der Waals surface area contributed by atoms with Crippen LogP contribution >= 0.6 is 0 Å². The Bertz CT molecular complexity index is 740. The van der Waals surface area contributed by atoms with E-state index >= 15 is 0 Å². The van der Waals surface area contributed by atoms with Crippen molar-refractivity contribution >= 4 is 5.82 Å². The summed E-state index contributed by atoms with van der Waals surface area (Å²) in [6.07, 6.45) is 0.863. The quantitative estimate of drug-likeness (QED) is 0.786. The van der Waals surface area contributed by atoms with Crippen molar-refractivity contribution in [3.8, 4) is 16.9 Å². The molecule has 2 aromatic carbocycles. The number of rotatable bonds is 3. The van der Waals surface area contributed by atoms with Crippen LogP contribution in [0.1, 0.15) is 18.1 Å². The van der Waals surface area contributed by atoms with Gasteiger partial charge in [-0.1, -0.05) is 55.0 Å². The van der Waals surface area contributed by atoms with Crippen LogP contribution in [0.4, 0.5) is 5.82 Å². The zero-order chi connectivity index (χ0) is 14.8. The molecule has 0 bridgehead atoms. The average molecular weight is 277 g/mol. The lowest BCUT2D eigenvalue weighted by molar-refractivity contribution is 0.894. The molecule has 21 heavy (non-hydrogen) atoms. The molecule has 0 saturated carbocycles. The molecule has 0 saturated heterocycles. The molecule has 0 atom stereocenters. The van der Waals surface area contributed by atoms with Crippen LogP contribution in [0.5, 0.6) is 0 Å². The fourth-order valence-corrected chi connectivity index (χ4v) is 2.52. The Morgan fingerprint density at radius 1 is 1.00 bits per heavy atom. The highest BCUT2D eigenvalue weighted by atomic mass is 15.3. The molecule has 0 aliphatic rings. The summed E-state index contributed by atoms with van der Waals surface area (Å²) in [5.74, 6) is 0.722. The summed E-state index contributed by atoms with van der Waals surface area (Å²) in [5, 5.41) is 4.74. The monoisotopic (exact) mass is 277 g/mol. The molecule has 0 amide bonds. The van der Waals surface area contributed by atoms with Crippen molar-refractivity contribution in [3.63, 3.8) is 0 Å². The zero-order valence-corrected chi connectivity index (χ0v) is 12.4. The fourth-order valence-electron chi connectivity index (χ4n) is 2.52. The molecule has 3 nitrogen and oxygen atoms in total. The second-order valence-electron chi connectivity index (χ2n) is 5.18. The van der Waals surface area contributed by atoms with Crippen LogP contribution in [-0.2, 0) is 6.42 Å². The van der Waals surface area contributed by atoms with Gasteiger partial charge in [0.25, 0.3) is 0 Å². The molecular weight excluding hydrogens is 258 g/mol. The third-order valence-electron chi connectivity index (χ3n) is 3.70. The molecule has 3 rings (SSSR count). The number of hydrogen-bond acceptors (Lipinski definition) is 2. The maximum Gasteiger partial charge on any atom is 0.131 e. The first kappa shape index (κ1) is 13.4. The summed E-state index contributed by atoms with van der Waals surface area (Å²) < 4.78 is 1.83. The predicted octanol–water partition coefficient (Wildman–Crippen LogP) is 3.99. The largest absolute Gasteiger partial charge is 0.383 e. The van der Waals surface area contributed by atoms with Crippen LogP contribution in [0.25, 0.3) is 16.9 Å². The molecule has 3 heteroatoms. The highest BCUT2D eigenvalue weighted by Gasteiger charge is 2.16. The van der Waals surface area contributed by atoms with Crippen molar-refractivity contribution in [2.24, 2.45) is 0 Å². The maximum atomic E-state index is 6.31. The number of nitrogen functional groups attached to an aromatic ring is 1. The second kappa shape index (κ2) is 5.44. The van der Waals surface area contributed by atoms with Crippen molar-refractivity contribution < 1.29 is 0 Å². The van der Waals surface area contributed by atoms with Gasteiger partial charge in [0.1, 0.15) is 5.82 Å². The van der Waals surface area contributed by atoms with Gasteiger partial charge < -0.3 is 5.73 Å². The lowest BCUT2D eigenvalue weighted by Crippen LogP contribution is -2.02. The first-order valence-corrected chi connectivity index (χ1v) is 7.20. The van der Waals surface area contributed by atoms with E-state index in [4.69, 9.17) is 10.8 Å². The number of anilines is 1. The molecule has 0 radical (unpaired) electrons. The summed E-state index contributed by atoms with van der Waals surface area (Å²) in [4.78, 5) is 0. The van der Waals surface area contributed by atoms with Crippen molar-refractivity contribution in [3.05, 3.63) is 65.7 Å². The number of nitrogens with two attached hydrogens (primary N) is 1. The Labute approximate surface area is 125 Å². The Balaban J connectivity index is 2.16. The van der Waals surface area contributed by atoms with E-state index in [2.05, 4.69) is 38.1 Å². The lowest BCUT2D eigenvalue weighted by Gasteiger charge is -2.03.